The number of hydrogen-bond donors (Lipinski definition) is 4. The molecule has 92 valence electrons. The summed E-state index contributed by atoms with van der Waals surface area (Å²) in [7, 11) is 0. The summed E-state index contributed by atoms with van der Waals surface area (Å²) in [6, 6.07) is 3.63. The van der Waals surface area contributed by atoms with Gasteiger partial charge in [0.05, 0.1) is 16.1 Å². The zero-order chi connectivity index (χ0) is 12.6. The van der Waals surface area contributed by atoms with Crippen molar-refractivity contribution in [3.8, 4) is 0 Å². The Hall–Kier alpha value is -1.30. The number of hydrogen-bond acceptors (Lipinski definition) is 4. The van der Waals surface area contributed by atoms with Crippen molar-refractivity contribution in [1.29, 1.82) is 0 Å². The lowest BCUT2D eigenvalue weighted by molar-refractivity contribution is 0.130. The first-order chi connectivity index (χ1) is 7.99. The second-order valence-corrected chi connectivity index (χ2v) is 4.61. The number of aliphatic hydroxyl groups is 1. The Morgan fingerprint density at radius 1 is 1.47 bits per heavy atom. The highest BCUT2D eigenvalue weighted by Crippen LogP contribution is 2.29. The van der Waals surface area contributed by atoms with Crippen molar-refractivity contribution < 1.29 is 5.11 Å². The van der Waals surface area contributed by atoms with Crippen LogP contribution >= 0.6 is 11.6 Å². The van der Waals surface area contributed by atoms with E-state index < -0.39 is 6.23 Å². The number of nitrogen functional groups attached to an aromatic ring is 1. The molecule has 6 heteroatoms. The SMILES string of the molecule is CC(C)NC(O)c1c(Cl)ccc2[nH]c(N)nc12. The Morgan fingerprint density at radius 2 is 2.18 bits per heavy atom. The Balaban J connectivity index is 2.53. The Bertz CT molecular complexity index is 537. The van der Waals surface area contributed by atoms with Crippen LogP contribution in [0.3, 0.4) is 0 Å². The summed E-state index contributed by atoms with van der Waals surface area (Å²) in [6.45, 7) is 3.88. The second-order valence-electron chi connectivity index (χ2n) is 4.20. The van der Waals surface area contributed by atoms with Gasteiger partial charge in [-0.2, -0.15) is 0 Å². The van der Waals surface area contributed by atoms with E-state index in [1.165, 1.54) is 0 Å². The lowest BCUT2D eigenvalue weighted by atomic mass is 10.1. The van der Waals surface area contributed by atoms with Crippen LogP contribution in [0.15, 0.2) is 12.1 Å². The van der Waals surface area contributed by atoms with Crippen molar-refractivity contribution in [1.82, 2.24) is 15.3 Å². The number of benzene rings is 1. The first kappa shape index (κ1) is 12.2. The third-order valence-electron chi connectivity index (χ3n) is 2.42. The van der Waals surface area contributed by atoms with Crippen LogP contribution in [-0.4, -0.2) is 21.1 Å². The molecule has 0 radical (unpaired) electrons. The predicted molar refractivity (Wildman–Crippen MR) is 68.7 cm³/mol. The van der Waals surface area contributed by atoms with Crippen LogP contribution in [0.2, 0.25) is 5.02 Å². The number of imidazole rings is 1. The van der Waals surface area contributed by atoms with E-state index in [1.807, 2.05) is 13.8 Å². The largest absolute Gasteiger partial charge is 0.374 e. The number of nitrogens with two attached hydrogens (primary N) is 1. The van der Waals surface area contributed by atoms with Gasteiger partial charge >= 0.3 is 0 Å². The van der Waals surface area contributed by atoms with Crippen LogP contribution in [0.1, 0.15) is 25.6 Å². The number of H-pyrrole nitrogens is 1. The van der Waals surface area contributed by atoms with Crippen molar-refractivity contribution in [3.63, 3.8) is 0 Å². The van der Waals surface area contributed by atoms with Crippen molar-refractivity contribution in [2.75, 3.05) is 5.73 Å². The standard InChI is InChI=1S/C11H15ClN4O/c1-5(2)14-10(17)8-6(12)3-4-7-9(8)16-11(13)15-7/h3-5,10,14,17H,1-2H3,(H3,13,15,16). The second kappa shape index (κ2) is 4.52. The van der Waals surface area contributed by atoms with Crippen LogP contribution < -0.4 is 11.1 Å². The molecular formula is C11H15ClN4O. The summed E-state index contributed by atoms with van der Waals surface area (Å²) >= 11 is 6.10. The molecule has 0 saturated carbocycles. The number of rotatable bonds is 3. The van der Waals surface area contributed by atoms with Gasteiger partial charge in [-0.25, -0.2) is 4.98 Å². The Kier molecular flexibility index (Phi) is 3.24. The monoisotopic (exact) mass is 254 g/mol. The molecule has 0 aliphatic heterocycles. The Morgan fingerprint density at radius 3 is 2.82 bits per heavy atom. The van der Waals surface area contributed by atoms with Gasteiger partial charge in [-0.15, -0.1) is 0 Å². The predicted octanol–water partition coefficient (Wildman–Crippen LogP) is 1.79. The Labute approximate surface area is 104 Å². The topological polar surface area (TPSA) is 87.0 Å². The van der Waals surface area contributed by atoms with Crippen molar-refractivity contribution >= 4 is 28.6 Å². The minimum Gasteiger partial charge on any atom is -0.374 e. The maximum Gasteiger partial charge on any atom is 0.198 e. The highest BCUT2D eigenvalue weighted by Gasteiger charge is 2.18. The lowest BCUT2D eigenvalue weighted by Gasteiger charge is -2.17. The third-order valence-corrected chi connectivity index (χ3v) is 2.75. The van der Waals surface area contributed by atoms with Crippen LogP contribution in [-0.2, 0) is 0 Å². The molecule has 0 aliphatic carbocycles. The quantitative estimate of drug-likeness (QED) is 0.629. The molecule has 1 atom stereocenters. The van der Waals surface area contributed by atoms with Gasteiger partial charge in [0, 0.05) is 11.6 Å². The number of halogens is 1. The fourth-order valence-corrected chi connectivity index (χ4v) is 2.01. The average Bonchev–Trinajstić information content (AvgIpc) is 2.56. The molecule has 1 aromatic heterocycles. The highest BCUT2D eigenvalue weighted by atomic mass is 35.5. The van der Waals surface area contributed by atoms with E-state index in [1.54, 1.807) is 12.1 Å². The van der Waals surface area contributed by atoms with Gasteiger partial charge in [-0.05, 0) is 26.0 Å². The van der Waals surface area contributed by atoms with Crippen LogP contribution in [0.4, 0.5) is 5.95 Å². The van der Waals surface area contributed by atoms with Gasteiger partial charge in [0.25, 0.3) is 0 Å². The molecule has 1 heterocycles. The van der Waals surface area contributed by atoms with Gasteiger partial charge in [0.15, 0.2) is 5.95 Å². The van der Waals surface area contributed by atoms with Crippen LogP contribution in [0, 0.1) is 0 Å². The maximum absolute atomic E-state index is 10.1. The van der Waals surface area contributed by atoms with Gasteiger partial charge in [0.1, 0.15) is 6.23 Å². The number of nitrogens with zero attached hydrogens (tertiary/aromatic N) is 1. The molecule has 0 aliphatic rings. The van der Waals surface area contributed by atoms with E-state index in [-0.39, 0.29) is 6.04 Å². The zero-order valence-corrected chi connectivity index (χ0v) is 10.4. The van der Waals surface area contributed by atoms with Crippen molar-refractivity contribution in [3.05, 3.63) is 22.7 Å². The smallest absolute Gasteiger partial charge is 0.198 e. The van der Waals surface area contributed by atoms with Crippen LogP contribution in [0.25, 0.3) is 11.0 Å². The summed E-state index contributed by atoms with van der Waals surface area (Å²) in [6.07, 6.45) is -0.867. The molecule has 2 rings (SSSR count). The van der Waals surface area contributed by atoms with Gasteiger partial charge in [-0.1, -0.05) is 11.6 Å². The van der Waals surface area contributed by atoms with Gasteiger partial charge in [0.2, 0.25) is 0 Å². The van der Waals surface area contributed by atoms with E-state index in [2.05, 4.69) is 15.3 Å². The maximum atomic E-state index is 10.1. The van der Waals surface area contributed by atoms with Crippen LogP contribution in [0.5, 0.6) is 0 Å². The number of fused-ring (bicyclic) bond motifs is 1. The molecular weight excluding hydrogens is 240 g/mol. The summed E-state index contributed by atoms with van der Waals surface area (Å²) in [5.74, 6) is 0.306. The van der Waals surface area contributed by atoms with E-state index in [0.717, 1.165) is 5.52 Å². The first-order valence-electron chi connectivity index (χ1n) is 5.36. The molecule has 1 aromatic carbocycles. The van der Waals surface area contributed by atoms with E-state index in [4.69, 9.17) is 17.3 Å². The molecule has 0 saturated heterocycles. The zero-order valence-electron chi connectivity index (χ0n) is 9.66. The molecule has 5 N–H and O–H groups in total. The van der Waals surface area contributed by atoms with E-state index in [0.29, 0.717) is 22.1 Å². The molecule has 17 heavy (non-hydrogen) atoms. The minimum absolute atomic E-state index is 0.132. The number of aromatic amines is 1. The van der Waals surface area contributed by atoms with E-state index >= 15 is 0 Å². The number of nitrogens with one attached hydrogen (secondary N) is 2. The normalized spacial score (nSPS) is 13.5. The van der Waals surface area contributed by atoms with E-state index in [9.17, 15) is 5.11 Å². The highest BCUT2D eigenvalue weighted by molar-refractivity contribution is 6.32. The van der Waals surface area contributed by atoms with Crippen molar-refractivity contribution in [2.45, 2.75) is 26.1 Å². The number of aliphatic hydroxyl groups excluding tert-OH is 1. The minimum atomic E-state index is -0.867. The fourth-order valence-electron chi connectivity index (χ4n) is 1.75. The molecule has 2 aromatic rings. The molecule has 0 bridgehead atoms. The summed E-state index contributed by atoms with van der Waals surface area (Å²) in [5.41, 5.74) is 7.50. The summed E-state index contributed by atoms with van der Waals surface area (Å²) < 4.78 is 0. The average molecular weight is 255 g/mol. The van der Waals surface area contributed by atoms with Gasteiger partial charge in [-0.3, -0.25) is 5.32 Å². The fraction of sp³-hybridized carbons (Fsp3) is 0.364. The summed E-state index contributed by atoms with van der Waals surface area (Å²) in [5, 5.41) is 13.5. The molecule has 0 amide bonds. The number of anilines is 1. The lowest BCUT2D eigenvalue weighted by Crippen LogP contribution is -2.28. The number of aromatic nitrogens is 2. The molecule has 5 nitrogen and oxygen atoms in total. The molecule has 0 spiro atoms. The van der Waals surface area contributed by atoms with Crippen molar-refractivity contribution in [2.24, 2.45) is 0 Å². The van der Waals surface area contributed by atoms with Gasteiger partial charge < -0.3 is 15.8 Å². The molecule has 0 fully saturated rings. The third kappa shape index (κ3) is 2.36. The molecule has 1 unspecified atom stereocenters. The summed E-state index contributed by atoms with van der Waals surface area (Å²) in [4.78, 5) is 7.04. The first-order valence-corrected chi connectivity index (χ1v) is 5.74.